The Kier molecular flexibility index (Phi) is 7.32. The summed E-state index contributed by atoms with van der Waals surface area (Å²) in [4.78, 5) is 58.2. The number of carbonyl (C=O) groups excluding carboxylic acids is 3. The molecule has 2 saturated carbocycles. The zero-order valence-corrected chi connectivity index (χ0v) is 27.5. The number of aromatic amines is 1. The van der Waals surface area contributed by atoms with Gasteiger partial charge in [-0.1, -0.05) is 64.4 Å². The number of benzene rings is 3. The molecule has 46 heavy (non-hydrogen) atoms. The lowest BCUT2D eigenvalue weighted by molar-refractivity contribution is -0.123. The summed E-state index contributed by atoms with van der Waals surface area (Å²) >= 11 is 14.9. The number of nitrogens with one attached hydrogen (secondary N) is 2. The van der Waals surface area contributed by atoms with E-state index in [2.05, 4.69) is 10.3 Å². The fourth-order valence-corrected chi connectivity index (χ4v) is 11.2. The highest BCUT2D eigenvalue weighted by molar-refractivity contribution is 8.00. The molecule has 4 aromatic rings. The first-order valence-electron chi connectivity index (χ1n) is 15.0. The van der Waals surface area contributed by atoms with Gasteiger partial charge in [-0.25, -0.2) is 0 Å². The van der Waals surface area contributed by atoms with Crippen LogP contribution in [0.1, 0.15) is 28.3 Å². The van der Waals surface area contributed by atoms with E-state index in [0.717, 1.165) is 27.5 Å². The highest BCUT2D eigenvalue weighted by atomic mass is 35.5. The number of imide groups is 1. The Bertz CT molecular complexity index is 1960. The van der Waals surface area contributed by atoms with E-state index in [-0.39, 0.29) is 70.0 Å². The van der Waals surface area contributed by atoms with E-state index < -0.39 is 0 Å². The highest BCUT2D eigenvalue weighted by Crippen LogP contribution is 2.68. The van der Waals surface area contributed by atoms with Gasteiger partial charge >= 0.3 is 4.87 Å². The number of halogens is 2. The SMILES string of the molecule is Cc1ccc(N2C(=O)C3C(C2=O)[C@@H]2C[C@H]3C3Sc4[nH]c(=O)sc4[C@H](c4ccc(OCC(=O)Nc5ccc(Cl)c(Cl)c5)cc4)C32)cc1. The first kappa shape index (κ1) is 29.8. The van der Waals surface area contributed by atoms with Crippen LogP contribution < -0.4 is 19.8 Å². The number of aryl methyl sites for hydroxylation is 1. The highest BCUT2D eigenvalue weighted by Gasteiger charge is 2.69. The van der Waals surface area contributed by atoms with Gasteiger partial charge in [-0.2, -0.15) is 0 Å². The number of carbonyl (C=O) groups is 3. The van der Waals surface area contributed by atoms with E-state index in [4.69, 9.17) is 27.9 Å². The first-order chi connectivity index (χ1) is 22.2. The average molecular weight is 693 g/mol. The summed E-state index contributed by atoms with van der Waals surface area (Å²) in [6.07, 6.45) is 0.821. The summed E-state index contributed by atoms with van der Waals surface area (Å²) < 4.78 is 5.77. The van der Waals surface area contributed by atoms with E-state index in [1.165, 1.54) is 16.2 Å². The number of anilines is 2. The minimum absolute atomic E-state index is 0.0238. The number of thioether (sulfide) groups is 1. The van der Waals surface area contributed by atoms with Crippen LogP contribution in [0.25, 0.3) is 0 Å². The number of nitrogens with zero attached hydrogens (tertiary/aromatic N) is 1. The summed E-state index contributed by atoms with van der Waals surface area (Å²) in [5.41, 5.74) is 3.22. The zero-order valence-electron chi connectivity index (χ0n) is 24.4. The summed E-state index contributed by atoms with van der Waals surface area (Å²) in [5, 5.41) is 4.44. The van der Waals surface area contributed by atoms with Gasteiger partial charge in [0.25, 0.3) is 5.91 Å². The van der Waals surface area contributed by atoms with Gasteiger partial charge in [0.1, 0.15) is 5.75 Å². The van der Waals surface area contributed by atoms with Gasteiger partial charge in [0.15, 0.2) is 6.61 Å². The molecule has 8 rings (SSSR count). The number of hydrogen-bond acceptors (Lipinski definition) is 7. The zero-order chi connectivity index (χ0) is 31.9. The Morgan fingerprint density at radius 1 is 0.957 bits per heavy atom. The molecular weight excluding hydrogens is 665 g/mol. The first-order valence-corrected chi connectivity index (χ1v) is 17.4. The summed E-state index contributed by atoms with van der Waals surface area (Å²) in [6, 6.07) is 20.0. The molecule has 1 aromatic heterocycles. The molecule has 3 heterocycles. The van der Waals surface area contributed by atoms with Gasteiger partial charge in [0.2, 0.25) is 11.8 Å². The summed E-state index contributed by atoms with van der Waals surface area (Å²) in [6.45, 7) is 1.78. The van der Waals surface area contributed by atoms with Crippen LogP contribution >= 0.6 is 46.3 Å². The topological polar surface area (TPSA) is 109 Å². The minimum Gasteiger partial charge on any atom is -0.484 e. The van der Waals surface area contributed by atoms with Crippen LogP contribution in [0.2, 0.25) is 10.0 Å². The maximum atomic E-state index is 13.9. The van der Waals surface area contributed by atoms with Crippen molar-refractivity contribution in [3.8, 4) is 5.75 Å². The molecule has 2 N–H and O–H groups in total. The van der Waals surface area contributed by atoms with Crippen molar-refractivity contribution in [3.63, 3.8) is 0 Å². The predicted molar refractivity (Wildman–Crippen MR) is 179 cm³/mol. The Balaban J connectivity index is 1.04. The van der Waals surface area contributed by atoms with Crippen molar-refractivity contribution >= 4 is 75.4 Å². The van der Waals surface area contributed by atoms with E-state index in [0.29, 0.717) is 27.2 Å². The molecule has 2 aliphatic heterocycles. The Labute approximate surface area is 282 Å². The van der Waals surface area contributed by atoms with E-state index in [1.54, 1.807) is 30.0 Å². The maximum absolute atomic E-state index is 13.9. The number of H-pyrrole nitrogens is 1. The van der Waals surface area contributed by atoms with E-state index in [9.17, 15) is 19.2 Å². The van der Waals surface area contributed by atoms with Crippen LogP contribution in [-0.4, -0.2) is 34.6 Å². The molecule has 2 bridgehead atoms. The molecule has 0 radical (unpaired) electrons. The molecule has 1 saturated heterocycles. The van der Waals surface area contributed by atoms with Crippen LogP contribution in [0.15, 0.2) is 76.6 Å². The Morgan fingerprint density at radius 3 is 2.39 bits per heavy atom. The monoisotopic (exact) mass is 691 g/mol. The number of fused-ring (bicyclic) bond motifs is 9. The van der Waals surface area contributed by atoms with Gasteiger partial charge in [-0.3, -0.25) is 24.1 Å². The van der Waals surface area contributed by atoms with Crippen molar-refractivity contribution in [2.24, 2.45) is 29.6 Å². The van der Waals surface area contributed by atoms with Crippen LogP contribution in [0.5, 0.6) is 5.75 Å². The number of ether oxygens (including phenoxy) is 1. The Morgan fingerprint density at radius 2 is 1.67 bits per heavy atom. The summed E-state index contributed by atoms with van der Waals surface area (Å²) in [5.74, 6) is -0.677. The molecule has 3 fully saturated rings. The number of rotatable bonds is 6. The number of aromatic nitrogens is 1. The molecule has 0 spiro atoms. The lowest BCUT2D eigenvalue weighted by Crippen LogP contribution is -2.42. The van der Waals surface area contributed by atoms with Crippen LogP contribution in [0.3, 0.4) is 0 Å². The van der Waals surface area contributed by atoms with Gasteiger partial charge < -0.3 is 15.0 Å². The van der Waals surface area contributed by atoms with Crippen molar-refractivity contribution in [3.05, 3.63) is 102 Å². The molecule has 234 valence electrons. The average Bonchev–Trinajstić information content (AvgIpc) is 3.78. The lowest BCUT2D eigenvalue weighted by atomic mass is 9.68. The molecule has 3 amide bonds. The molecule has 7 atom stereocenters. The predicted octanol–water partition coefficient (Wildman–Crippen LogP) is 6.75. The van der Waals surface area contributed by atoms with Crippen LogP contribution in [-0.2, 0) is 14.4 Å². The van der Waals surface area contributed by atoms with Crippen molar-refractivity contribution in [1.29, 1.82) is 0 Å². The molecular formula is C34H27Cl2N3O5S2. The smallest absolute Gasteiger partial charge is 0.305 e. The maximum Gasteiger partial charge on any atom is 0.305 e. The fraction of sp³-hybridized carbons (Fsp3) is 0.294. The van der Waals surface area contributed by atoms with Crippen molar-refractivity contribution in [1.82, 2.24) is 4.98 Å². The quantitative estimate of drug-likeness (QED) is 0.217. The molecule has 8 nitrogen and oxygen atoms in total. The third kappa shape index (κ3) is 4.80. The van der Waals surface area contributed by atoms with Crippen molar-refractivity contribution < 1.29 is 19.1 Å². The third-order valence-corrected chi connectivity index (χ3v) is 13.2. The standard InChI is InChI=1S/C34H27Cl2N3O5S2/c1-15-2-7-18(8-3-15)39-32(41)27-20-13-21(28(27)33(39)42)29-26(20)25(30-31(45-29)38-34(43)46-30)16-4-9-19(10-5-16)44-14-24(40)37-17-6-11-22(35)23(36)12-17/h2-12,20-21,25-29H,13-14H2,1H3,(H,37,40)(H,38,43)/t20-,21-,25-,26?,27?,28?,29?/m1/s1. The second kappa shape index (κ2) is 11.3. The van der Waals surface area contributed by atoms with Gasteiger partial charge in [0, 0.05) is 21.7 Å². The molecule has 4 aliphatic rings. The van der Waals surface area contributed by atoms with Gasteiger partial charge in [0.05, 0.1) is 32.6 Å². The van der Waals surface area contributed by atoms with Crippen LogP contribution in [0, 0.1) is 36.5 Å². The number of hydrogen-bond donors (Lipinski definition) is 2. The van der Waals surface area contributed by atoms with Crippen molar-refractivity contribution in [2.75, 3.05) is 16.8 Å². The molecule has 12 heteroatoms. The van der Waals surface area contributed by atoms with E-state index >= 15 is 0 Å². The van der Waals surface area contributed by atoms with Crippen LogP contribution in [0.4, 0.5) is 11.4 Å². The summed E-state index contributed by atoms with van der Waals surface area (Å²) in [7, 11) is 0. The Hall–Kier alpha value is -3.57. The number of thiazole rings is 1. The van der Waals surface area contributed by atoms with Gasteiger partial charge in [-0.15, -0.1) is 11.8 Å². The minimum atomic E-state index is -0.364. The third-order valence-electron chi connectivity index (χ3n) is 9.83. The van der Waals surface area contributed by atoms with Crippen molar-refractivity contribution in [2.45, 2.75) is 29.5 Å². The normalized spacial score (nSPS) is 27.4. The molecule has 3 aromatic carbocycles. The number of amides is 3. The molecule has 2 aliphatic carbocycles. The molecule has 4 unspecified atom stereocenters. The largest absolute Gasteiger partial charge is 0.484 e. The fourth-order valence-electron chi connectivity index (χ4n) is 8.03. The lowest BCUT2D eigenvalue weighted by Gasteiger charge is -2.43. The van der Waals surface area contributed by atoms with E-state index in [1.807, 2.05) is 55.5 Å². The second-order valence-corrected chi connectivity index (χ2v) is 15.4. The second-order valence-electron chi connectivity index (χ2n) is 12.3. The van der Waals surface area contributed by atoms with Gasteiger partial charge in [-0.05, 0) is 79.1 Å².